The van der Waals surface area contributed by atoms with Crippen LogP contribution in [0.1, 0.15) is 19.3 Å². The van der Waals surface area contributed by atoms with E-state index in [1.165, 1.54) is 0 Å². The lowest BCUT2D eigenvalue weighted by Crippen LogP contribution is -2.36. The molecule has 17 heavy (non-hydrogen) atoms. The molecule has 1 amide bonds. The van der Waals surface area contributed by atoms with Crippen molar-refractivity contribution in [2.45, 2.75) is 25.4 Å². The monoisotopic (exact) mass is 254 g/mol. The van der Waals surface area contributed by atoms with Gasteiger partial charge < -0.3 is 15.8 Å². The van der Waals surface area contributed by atoms with E-state index in [0.29, 0.717) is 29.4 Å². The molecular weight excluding hydrogens is 240 g/mol. The maximum absolute atomic E-state index is 11.7. The normalized spacial score (nSPS) is 20.5. The predicted octanol–water partition coefficient (Wildman–Crippen LogP) is 1.97. The number of nitrogen functional groups attached to an aromatic ring is 1. The first kappa shape index (κ1) is 12.0. The van der Waals surface area contributed by atoms with Crippen molar-refractivity contribution >= 4 is 23.2 Å². The molecule has 0 aromatic heterocycles. The number of nitrogens with two attached hydrogens (primary N) is 1. The lowest BCUT2D eigenvalue weighted by molar-refractivity contribution is -0.127. The van der Waals surface area contributed by atoms with E-state index in [1.807, 2.05) is 0 Å². The molecule has 1 saturated heterocycles. The van der Waals surface area contributed by atoms with Gasteiger partial charge in [-0.2, -0.15) is 0 Å². The molecule has 0 aliphatic carbocycles. The van der Waals surface area contributed by atoms with Crippen LogP contribution in [0.5, 0.6) is 5.75 Å². The van der Waals surface area contributed by atoms with Gasteiger partial charge in [0.25, 0.3) is 5.91 Å². The molecule has 1 atom stereocenters. The Morgan fingerprint density at radius 1 is 1.41 bits per heavy atom. The molecular formula is C12H15ClN2O2. The summed E-state index contributed by atoms with van der Waals surface area (Å²) in [5.74, 6) is 0.429. The molecule has 1 aromatic carbocycles. The van der Waals surface area contributed by atoms with Gasteiger partial charge in [0.05, 0.1) is 5.02 Å². The summed E-state index contributed by atoms with van der Waals surface area (Å²) in [7, 11) is 0. The maximum Gasteiger partial charge on any atom is 0.261 e. The first-order valence-corrected chi connectivity index (χ1v) is 6.04. The number of carbonyl (C=O) groups is 1. The molecule has 0 bridgehead atoms. The largest absolute Gasteiger partial charge is 0.479 e. The zero-order chi connectivity index (χ0) is 12.3. The Hall–Kier alpha value is -1.42. The smallest absolute Gasteiger partial charge is 0.261 e. The number of amides is 1. The van der Waals surface area contributed by atoms with Crippen LogP contribution in [0.15, 0.2) is 18.2 Å². The molecule has 1 fully saturated rings. The average molecular weight is 255 g/mol. The summed E-state index contributed by atoms with van der Waals surface area (Å²) in [6.45, 7) is 0.716. The fraction of sp³-hybridized carbons (Fsp3) is 0.417. The van der Waals surface area contributed by atoms with Gasteiger partial charge >= 0.3 is 0 Å². The van der Waals surface area contributed by atoms with Crippen LogP contribution in [0.25, 0.3) is 0 Å². The number of hydrogen-bond donors (Lipinski definition) is 2. The minimum Gasteiger partial charge on any atom is -0.479 e. The van der Waals surface area contributed by atoms with E-state index in [-0.39, 0.29) is 5.91 Å². The Morgan fingerprint density at radius 2 is 2.24 bits per heavy atom. The van der Waals surface area contributed by atoms with Crippen molar-refractivity contribution in [2.75, 3.05) is 12.3 Å². The minimum absolute atomic E-state index is 0.0737. The van der Waals surface area contributed by atoms with Gasteiger partial charge in [0, 0.05) is 12.2 Å². The molecule has 1 aliphatic rings. The maximum atomic E-state index is 11.7. The minimum atomic E-state index is -0.460. The molecule has 5 heteroatoms. The summed E-state index contributed by atoms with van der Waals surface area (Å²) in [6, 6.07) is 5.01. The fourth-order valence-electron chi connectivity index (χ4n) is 1.79. The molecule has 0 spiro atoms. The Balaban J connectivity index is 2.10. The van der Waals surface area contributed by atoms with Crippen molar-refractivity contribution in [3.05, 3.63) is 23.2 Å². The second-order valence-electron chi connectivity index (χ2n) is 4.08. The Labute approximate surface area is 105 Å². The number of ether oxygens (including phenoxy) is 1. The van der Waals surface area contributed by atoms with Crippen LogP contribution in [0.4, 0.5) is 5.69 Å². The Morgan fingerprint density at radius 3 is 3.00 bits per heavy atom. The number of rotatable bonds is 2. The Kier molecular flexibility index (Phi) is 3.74. The zero-order valence-corrected chi connectivity index (χ0v) is 10.2. The third-order valence-corrected chi connectivity index (χ3v) is 3.01. The van der Waals surface area contributed by atoms with Crippen molar-refractivity contribution in [3.8, 4) is 5.75 Å². The predicted molar refractivity (Wildman–Crippen MR) is 67.1 cm³/mol. The highest BCUT2D eigenvalue weighted by molar-refractivity contribution is 6.32. The van der Waals surface area contributed by atoms with E-state index in [9.17, 15) is 4.79 Å². The molecule has 1 aliphatic heterocycles. The van der Waals surface area contributed by atoms with Gasteiger partial charge in [-0.3, -0.25) is 4.79 Å². The first-order valence-electron chi connectivity index (χ1n) is 5.66. The summed E-state index contributed by atoms with van der Waals surface area (Å²) in [6.07, 6.45) is 2.21. The average Bonchev–Trinajstić information content (AvgIpc) is 2.48. The van der Waals surface area contributed by atoms with E-state index in [4.69, 9.17) is 22.1 Å². The van der Waals surface area contributed by atoms with Gasteiger partial charge in [-0.15, -0.1) is 0 Å². The SMILES string of the molecule is Nc1ccc(OC2CCCCNC2=O)c(Cl)c1. The highest BCUT2D eigenvalue weighted by atomic mass is 35.5. The van der Waals surface area contributed by atoms with Crippen molar-refractivity contribution in [1.29, 1.82) is 0 Å². The molecule has 1 unspecified atom stereocenters. The number of halogens is 1. The highest BCUT2D eigenvalue weighted by Gasteiger charge is 2.22. The van der Waals surface area contributed by atoms with Crippen LogP contribution in [0.3, 0.4) is 0 Å². The van der Waals surface area contributed by atoms with E-state index in [1.54, 1.807) is 18.2 Å². The molecule has 0 saturated carbocycles. The van der Waals surface area contributed by atoms with Crippen molar-refractivity contribution in [2.24, 2.45) is 0 Å². The van der Waals surface area contributed by atoms with Gasteiger partial charge in [0.2, 0.25) is 0 Å². The van der Waals surface area contributed by atoms with E-state index in [2.05, 4.69) is 5.32 Å². The molecule has 1 heterocycles. The van der Waals surface area contributed by atoms with Gasteiger partial charge in [-0.1, -0.05) is 11.6 Å². The van der Waals surface area contributed by atoms with Gasteiger partial charge in [0.15, 0.2) is 6.10 Å². The summed E-state index contributed by atoms with van der Waals surface area (Å²) in [4.78, 5) is 11.7. The Bertz CT molecular complexity index is 423. The van der Waals surface area contributed by atoms with Crippen molar-refractivity contribution in [1.82, 2.24) is 5.32 Å². The number of carbonyl (C=O) groups excluding carboxylic acids is 1. The van der Waals surface area contributed by atoms with Crippen LogP contribution in [0.2, 0.25) is 5.02 Å². The quantitative estimate of drug-likeness (QED) is 0.793. The first-order chi connectivity index (χ1) is 8.16. The fourth-order valence-corrected chi connectivity index (χ4v) is 2.02. The number of nitrogens with one attached hydrogen (secondary N) is 1. The van der Waals surface area contributed by atoms with Crippen molar-refractivity contribution < 1.29 is 9.53 Å². The lowest BCUT2D eigenvalue weighted by atomic mass is 10.2. The van der Waals surface area contributed by atoms with Crippen LogP contribution in [-0.2, 0) is 4.79 Å². The van der Waals surface area contributed by atoms with Crippen LogP contribution < -0.4 is 15.8 Å². The molecule has 2 rings (SSSR count). The molecule has 1 aromatic rings. The summed E-state index contributed by atoms with van der Waals surface area (Å²) < 4.78 is 5.63. The van der Waals surface area contributed by atoms with Gasteiger partial charge in [-0.25, -0.2) is 0 Å². The molecule has 3 N–H and O–H groups in total. The summed E-state index contributed by atoms with van der Waals surface area (Å²) >= 11 is 6.00. The third-order valence-electron chi connectivity index (χ3n) is 2.71. The molecule has 4 nitrogen and oxygen atoms in total. The van der Waals surface area contributed by atoms with Gasteiger partial charge in [0.1, 0.15) is 5.75 Å². The summed E-state index contributed by atoms with van der Waals surface area (Å²) in [5, 5.41) is 3.25. The van der Waals surface area contributed by atoms with E-state index >= 15 is 0 Å². The number of benzene rings is 1. The van der Waals surface area contributed by atoms with E-state index in [0.717, 1.165) is 12.8 Å². The van der Waals surface area contributed by atoms with Crippen LogP contribution in [0, 0.1) is 0 Å². The summed E-state index contributed by atoms with van der Waals surface area (Å²) in [5.41, 5.74) is 6.17. The third kappa shape index (κ3) is 3.03. The van der Waals surface area contributed by atoms with Crippen LogP contribution >= 0.6 is 11.6 Å². The van der Waals surface area contributed by atoms with Crippen molar-refractivity contribution in [3.63, 3.8) is 0 Å². The standard InChI is InChI=1S/C12H15ClN2O2/c13-9-7-8(14)4-5-10(9)17-11-3-1-2-6-15-12(11)16/h4-5,7,11H,1-3,6,14H2,(H,15,16). The van der Waals surface area contributed by atoms with Crippen LogP contribution in [-0.4, -0.2) is 18.6 Å². The second-order valence-corrected chi connectivity index (χ2v) is 4.49. The lowest BCUT2D eigenvalue weighted by Gasteiger charge is -2.16. The number of hydrogen-bond acceptors (Lipinski definition) is 3. The molecule has 92 valence electrons. The van der Waals surface area contributed by atoms with Gasteiger partial charge in [-0.05, 0) is 37.5 Å². The second kappa shape index (κ2) is 5.27. The zero-order valence-electron chi connectivity index (χ0n) is 9.41. The number of anilines is 1. The van der Waals surface area contributed by atoms with E-state index < -0.39 is 6.10 Å². The molecule has 0 radical (unpaired) electrons. The topological polar surface area (TPSA) is 64.3 Å². The highest BCUT2D eigenvalue weighted by Crippen LogP contribution is 2.28.